The third kappa shape index (κ3) is 2.75. The Hall–Kier alpha value is -0.150. The summed E-state index contributed by atoms with van der Waals surface area (Å²) in [5.74, 6) is 3.75. The van der Waals surface area contributed by atoms with Crippen LogP contribution in [-0.4, -0.2) is 0 Å². The smallest absolute Gasteiger partial charge is 0.208 e. The van der Waals surface area contributed by atoms with E-state index in [0.717, 1.165) is 0 Å². The average Bonchev–Trinajstić information content (AvgIpc) is 1.88. The number of hydrogen-bond acceptors (Lipinski definition) is 1. The van der Waals surface area contributed by atoms with E-state index in [4.69, 9.17) is 23.2 Å². The summed E-state index contributed by atoms with van der Waals surface area (Å²) in [5.41, 5.74) is 0. The fourth-order valence-corrected chi connectivity index (χ4v) is 1.06. The second-order valence-corrected chi connectivity index (χ2v) is 2.56. The number of halogens is 3. The quantitative estimate of drug-likeness (QED) is 0.570. The van der Waals surface area contributed by atoms with Crippen molar-refractivity contribution < 1.29 is 23.1 Å². The minimum Gasteiger partial charge on any atom is -1.00 e. The molecule has 0 unspecified atom stereocenters. The first-order chi connectivity index (χ1) is 4.74. The zero-order chi connectivity index (χ0) is 7.56. The molecule has 0 radical (unpaired) electrons. The molecule has 62 valence electrons. The van der Waals surface area contributed by atoms with Crippen LogP contribution < -0.4 is 23.1 Å². The predicted octanol–water partition coefficient (Wildman–Crippen LogP) is -1.47. The Kier molecular flexibility index (Phi) is 4.61. The van der Waals surface area contributed by atoms with Gasteiger partial charge in [0.1, 0.15) is 0 Å². The van der Waals surface area contributed by atoms with Gasteiger partial charge in [-0.3, -0.25) is 0 Å². The molecule has 0 fully saturated rings. The molecule has 0 saturated carbocycles. The largest absolute Gasteiger partial charge is 1.00 e. The van der Waals surface area contributed by atoms with Crippen molar-refractivity contribution in [1.82, 2.24) is 0 Å². The van der Waals surface area contributed by atoms with Crippen LogP contribution in [-0.2, 0) is 0 Å². The molecule has 11 heavy (non-hydrogen) atoms. The first kappa shape index (κ1) is 10.8. The van der Waals surface area contributed by atoms with Gasteiger partial charge in [0, 0.05) is 5.02 Å². The highest BCUT2D eigenvalue weighted by molar-refractivity contribution is 6.35. The number of hydrogen-bond donors (Lipinski definition) is 1. The number of quaternary nitrogens is 1. The van der Waals surface area contributed by atoms with E-state index in [9.17, 15) is 0 Å². The first-order valence-electron chi connectivity index (χ1n) is 2.61. The highest BCUT2D eigenvalue weighted by Gasteiger charge is 2.00. The Morgan fingerprint density at radius 3 is 2.36 bits per heavy atom. The SMILES string of the molecule is [Cl-].[NH3+]Oc1ccc(Cl)cc1Cl. The summed E-state index contributed by atoms with van der Waals surface area (Å²) in [6.45, 7) is 0. The maximum Gasteiger partial charge on any atom is 0.208 e. The summed E-state index contributed by atoms with van der Waals surface area (Å²) in [4.78, 5) is 4.66. The van der Waals surface area contributed by atoms with Crippen LogP contribution in [0.4, 0.5) is 0 Å². The Morgan fingerprint density at radius 2 is 1.91 bits per heavy atom. The van der Waals surface area contributed by atoms with Gasteiger partial charge >= 0.3 is 0 Å². The van der Waals surface area contributed by atoms with Crippen LogP contribution in [0.1, 0.15) is 0 Å². The van der Waals surface area contributed by atoms with Crippen molar-refractivity contribution in [2.24, 2.45) is 0 Å². The molecule has 0 atom stereocenters. The van der Waals surface area contributed by atoms with Crippen LogP contribution >= 0.6 is 23.2 Å². The lowest BCUT2D eigenvalue weighted by molar-refractivity contribution is -0.635. The summed E-state index contributed by atoms with van der Waals surface area (Å²) < 4.78 is 0. The molecule has 5 heteroatoms. The highest BCUT2D eigenvalue weighted by Crippen LogP contribution is 2.25. The fourth-order valence-electron chi connectivity index (χ4n) is 0.592. The van der Waals surface area contributed by atoms with Crippen LogP contribution in [0.25, 0.3) is 0 Å². The summed E-state index contributed by atoms with van der Waals surface area (Å²) in [7, 11) is 0. The average molecular weight is 214 g/mol. The predicted molar refractivity (Wildman–Crippen MR) is 40.0 cm³/mol. The fraction of sp³-hybridized carbons (Fsp3) is 0. The molecule has 3 N–H and O–H groups in total. The van der Waals surface area contributed by atoms with E-state index in [2.05, 4.69) is 10.7 Å². The molecule has 1 aromatic rings. The molecule has 0 aliphatic rings. The van der Waals surface area contributed by atoms with Gasteiger partial charge in [-0.1, -0.05) is 23.2 Å². The van der Waals surface area contributed by atoms with Crippen LogP contribution in [0.2, 0.25) is 10.0 Å². The Labute approximate surface area is 80.6 Å². The Bertz CT molecular complexity index is 241. The summed E-state index contributed by atoms with van der Waals surface area (Å²) in [6, 6.07) is 4.95. The molecule has 0 aliphatic carbocycles. The molecule has 0 saturated heterocycles. The second-order valence-electron chi connectivity index (χ2n) is 1.72. The van der Waals surface area contributed by atoms with Crippen molar-refractivity contribution in [3.8, 4) is 5.75 Å². The molecule has 1 aromatic carbocycles. The topological polar surface area (TPSA) is 36.9 Å². The van der Waals surface area contributed by atoms with Gasteiger partial charge in [-0.2, -0.15) is 5.90 Å². The minimum absolute atomic E-state index is 0. The van der Waals surface area contributed by atoms with Crippen molar-refractivity contribution in [3.63, 3.8) is 0 Å². The van der Waals surface area contributed by atoms with Crippen LogP contribution in [0.5, 0.6) is 5.75 Å². The van der Waals surface area contributed by atoms with E-state index in [1.165, 1.54) is 0 Å². The van der Waals surface area contributed by atoms with Crippen LogP contribution in [0.15, 0.2) is 18.2 Å². The van der Waals surface area contributed by atoms with Gasteiger partial charge in [-0.25, -0.2) is 0 Å². The van der Waals surface area contributed by atoms with Gasteiger partial charge in [0.15, 0.2) is 0 Å². The lowest BCUT2D eigenvalue weighted by atomic mass is 10.3. The van der Waals surface area contributed by atoms with E-state index in [1.54, 1.807) is 18.2 Å². The number of benzene rings is 1. The van der Waals surface area contributed by atoms with Crippen molar-refractivity contribution in [3.05, 3.63) is 28.2 Å². The zero-order valence-electron chi connectivity index (χ0n) is 5.48. The maximum atomic E-state index is 5.68. The van der Waals surface area contributed by atoms with Crippen LogP contribution in [0, 0.1) is 0 Å². The highest BCUT2D eigenvalue weighted by atomic mass is 35.5. The zero-order valence-corrected chi connectivity index (χ0v) is 7.75. The summed E-state index contributed by atoms with van der Waals surface area (Å²) in [6.07, 6.45) is 0. The van der Waals surface area contributed by atoms with Crippen molar-refractivity contribution in [1.29, 1.82) is 0 Å². The molecule has 0 spiro atoms. The van der Waals surface area contributed by atoms with Gasteiger partial charge in [-0.05, 0) is 18.2 Å². The molecule has 0 bridgehead atoms. The molecule has 0 amide bonds. The Balaban J connectivity index is 0.000001000. The van der Waals surface area contributed by atoms with E-state index < -0.39 is 0 Å². The van der Waals surface area contributed by atoms with E-state index >= 15 is 0 Å². The Morgan fingerprint density at radius 1 is 1.27 bits per heavy atom. The summed E-state index contributed by atoms with van der Waals surface area (Å²) in [5, 5.41) is 1.06. The van der Waals surface area contributed by atoms with E-state index in [0.29, 0.717) is 15.8 Å². The first-order valence-corrected chi connectivity index (χ1v) is 3.36. The molecular formula is C6H6Cl3NO. The molecule has 0 aromatic heterocycles. The lowest BCUT2D eigenvalue weighted by Gasteiger charge is -1.96. The van der Waals surface area contributed by atoms with E-state index in [-0.39, 0.29) is 12.4 Å². The monoisotopic (exact) mass is 213 g/mol. The second kappa shape index (κ2) is 4.67. The van der Waals surface area contributed by atoms with Gasteiger partial charge in [0.05, 0.1) is 5.02 Å². The molecule has 0 aliphatic heterocycles. The van der Waals surface area contributed by atoms with Gasteiger partial charge in [0.2, 0.25) is 5.75 Å². The van der Waals surface area contributed by atoms with Gasteiger partial charge < -0.3 is 17.2 Å². The van der Waals surface area contributed by atoms with Crippen molar-refractivity contribution in [2.45, 2.75) is 0 Å². The normalized spacial score (nSPS) is 8.64. The lowest BCUT2D eigenvalue weighted by Crippen LogP contribution is -3.00. The van der Waals surface area contributed by atoms with Crippen molar-refractivity contribution >= 4 is 23.2 Å². The van der Waals surface area contributed by atoms with Gasteiger partial charge in [-0.15, -0.1) is 0 Å². The summed E-state index contributed by atoms with van der Waals surface area (Å²) >= 11 is 11.3. The molecule has 2 nitrogen and oxygen atoms in total. The third-order valence-electron chi connectivity index (χ3n) is 1.05. The van der Waals surface area contributed by atoms with E-state index in [1.807, 2.05) is 0 Å². The van der Waals surface area contributed by atoms with Gasteiger partial charge in [0.25, 0.3) is 0 Å². The molecular weight excluding hydrogens is 208 g/mol. The standard InChI is InChI=1S/C6H6Cl2NO.ClH/c7-4-1-2-6(10-9)5(8)3-4;/h1-3H,9H3;1H/q+1;/p-1. The molecule has 1 rings (SSSR count). The minimum atomic E-state index is 0. The third-order valence-corrected chi connectivity index (χ3v) is 1.58. The van der Waals surface area contributed by atoms with Crippen molar-refractivity contribution in [2.75, 3.05) is 0 Å². The molecule has 0 heterocycles. The number of rotatable bonds is 1. The maximum absolute atomic E-state index is 5.68. The van der Waals surface area contributed by atoms with Crippen LogP contribution in [0.3, 0.4) is 0 Å².